The Bertz CT molecular complexity index is 788. The summed E-state index contributed by atoms with van der Waals surface area (Å²) in [4.78, 5) is 24.9. The third-order valence-electron chi connectivity index (χ3n) is 5.32. The van der Waals surface area contributed by atoms with Crippen molar-refractivity contribution in [3.63, 3.8) is 0 Å². The molecule has 1 fully saturated rings. The van der Waals surface area contributed by atoms with Gasteiger partial charge in [-0.3, -0.25) is 4.79 Å². The zero-order chi connectivity index (χ0) is 18.0. The SMILES string of the molecule is CC(=O)N(C)[C@]1(C(=O)O)CC[C@H](Oc2cccc3ccccc23)CC1. The van der Waals surface area contributed by atoms with Crippen LogP contribution in [0.1, 0.15) is 32.6 Å². The van der Waals surface area contributed by atoms with Crippen molar-refractivity contribution in [2.45, 2.75) is 44.2 Å². The lowest BCUT2D eigenvalue weighted by atomic mass is 9.79. The molecule has 2 aromatic rings. The topological polar surface area (TPSA) is 66.8 Å². The molecule has 0 spiro atoms. The van der Waals surface area contributed by atoms with E-state index in [0.29, 0.717) is 25.7 Å². The second kappa shape index (κ2) is 6.75. The summed E-state index contributed by atoms with van der Waals surface area (Å²) in [6, 6.07) is 14.0. The van der Waals surface area contributed by atoms with E-state index in [0.717, 1.165) is 16.5 Å². The maximum Gasteiger partial charge on any atom is 0.329 e. The van der Waals surface area contributed by atoms with Crippen molar-refractivity contribution in [1.82, 2.24) is 4.90 Å². The molecule has 0 radical (unpaired) electrons. The predicted octanol–water partition coefficient (Wildman–Crippen LogP) is 3.46. The maximum atomic E-state index is 11.8. The van der Waals surface area contributed by atoms with Crippen LogP contribution in [0.15, 0.2) is 42.5 Å². The number of carbonyl (C=O) groups excluding carboxylic acids is 1. The summed E-state index contributed by atoms with van der Waals surface area (Å²) >= 11 is 0. The molecule has 25 heavy (non-hydrogen) atoms. The lowest BCUT2D eigenvalue weighted by Crippen LogP contribution is -2.57. The summed E-state index contributed by atoms with van der Waals surface area (Å²) in [7, 11) is 1.57. The lowest BCUT2D eigenvalue weighted by molar-refractivity contribution is -0.160. The van der Waals surface area contributed by atoms with Gasteiger partial charge in [0.2, 0.25) is 5.91 Å². The number of hydrogen-bond acceptors (Lipinski definition) is 3. The minimum atomic E-state index is -1.12. The van der Waals surface area contributed by atoms with Gasteiger partial charge in [-0.05, 0) is 37.1 Å². The van der Waals surface area contributed by atoms with Crippen LogP contribution in [0.3, 0.4) is 0 Å². The van der Waals surface area contributed by atoms with Crippen LogP contribution in [0.4, 0.5) is 0 Å². The molecule has 3 rings (SSSR count). The Kier molecular flexibility index (Phi) is 4.66. The quantitative estimate of drug-likeness (QED) is 0.925. The first-order valence-electron chi connectivity index (χ1n) is 8.56. The average Bonchev–Trinajstić information content (AvgIpc) is 2.62. The van der Waals surface area contributed by atoms with Gasteiger partial charge in [-0.1, -0.05) is 36.4 Å². The number of fused-ring (bicyclic) bond motifs is 1. The van der Waals surface area contributed by atoms with Crippen molar-refractivity contribution in [3.05, 3.63) is 42.5 Å². The van der Waals surface area contributed by atoms with Gasteiger partial charge in [0.1, 0.15) is 11.3 Å². The van der Waals surface area contributed by atoms with Crippen molar-refractivity contribution in [2.24, 2.45) is 0 Å². The van der Waals surface area contributed by atoms with Crippen molar-refractivity contribution in [3.8, 4) is 5.75 Å². The fourth-order valence-corrected chi connectivity index (χ4v) is 3.66. The lowest BCUT2D eigenvalue weighted by Gasteiger charge is -2.42. The Hall–Kier alpha value is -2.56. The number of ether oxygens (including phenoxy) is 1. The van der Waals surface area contributed by atoms with Gasteiger partial charge in [0.15, 0.2) is 0 Å². The van der Waals surface area contributed by atoms with Gasteiger partial charge in [0.25, 0.3) is 0 Å². The highest BCUT2D eigenvalue weighted by Gasteiger charge is 2.47. The highest BCUT2D eigenvalue weighted by Crippen LogP contribution is 2.36. The van der Waals surface area contributed by atoms with Crippen LogP contribution in [-0.4, -0.2) is 40.6 Å². The third-order valence-corrected chi connectivity index (χ3v) is 5.32. The molecule has 0 aromatic heterocycles. The highest BCUT2D eigenvalue weighted by molar-refractivity contribution is 5.88. The summed E-state index contributed by atoms with van der Waals surface area (Å²) in [6.45, 7) is 1.41. The number of hydrogen-bond donors (Lipinski definition) is 1. The molecule has 0 unspecified atom stereocenters. The number of amides is 1. The maximum absolute atomic E-state index is 11.8. The molecule has 132 valence electrons. The summed E-state index contributed by atoms with van der Waals surface area (Å²) in [5.41, 5.74) is -1.12. The first-order chi connectivity index (χ1) is 11.9. The van der Waals surface area contributed by atoms with Gasteiger partial charge in [0.05, 0.1) is 6.10 Å². The second-order valence-corrected chi connectivity index (χ2v) is 6.71. The molecule has 0 atom stereocenters. The van der Waals surface area contributed by atoms with Crippen molar-refractivity contribution in [1.29, 1.82) is 0 Å². The van der Waals surface area contributed by atoms with E-state index in [1.54, 1.807) is 7.05 Å². The number of nitrogens with zero attached hydrogens (tertiary/aromatic N) is 1. The van der Waals surface area contributed by atoms with Crippen LogP contribution in [-0.2, 0) is 9.59 Å². The van der Waals surface area contributed by atoms with Gasteiger partial charge in [-0.15, -0.1) is 0 Å². The number of benzene rings is 2. The number of likely N-dealkylation sites (N-methyl/N-ethyl adjacent to an activating group) is 1. The fourth-order valence-electron chi connectivity index (χ4n) is 3.66. The number of carboxylic acid groups (broad SMARTS) is 1. The second-order valence-electron chi connectivity index (χ2n) is 6.71. The average molecular weight is 341 g/mol. The number of carboxylic acids is 1. The molecule has 0 saturated heterocycles. The van der Waals surface area contributed by atoms with Crippen LogP contribution in [0.5, 0.6) is 5.75 Å². The van der Waals surface area contributed by atoms with E-state index in [4.69, 9.17) is 4.74 Å². The van der Waals surface area contributed by atoms with Crippen LogP contribution >= 0.6 is 0 Å². The smallest absolute Gasteiger partial charge is 0.329 e. The summed E-state index contributed by atoms with van der Waals surface area (Å²) in [6.07, 6.45) is 1.96. The van der Waals surface area contributed by atoms with E-state index in [-0.39, 0.29) is 12.0 Å². The zero-order valence-corrected chi connectivity index (χ0v) is 14.6. The molecule has 1 aliphatic rings. The molecule has 1 saturated carbocycles. The van der Waals surface area contributed by atoms with Gasteiger partial charge in [-0.25, -0.2) is 4.79 Å². The minimum absolute atomic E-state index is 0.0429. The highest BCUT2D eigenvalue weighted by atomic mass is 16.5. The first-order valence-corrected chi connectivity index (χ1v) is 8.56. The van der Waals surface area contributed by atoms with Gasteiger partial charge >= 0.3 is 5.97 Å². The van der Waals surface area contributed by atoms with Crippen LogP contribution in [0.25, 0.3) is 10.8 Å². The Labute approximate surface area is 147 Å². The Morgan fingerprint density at radius 3 is 2.40 bits per heavy atom. The molecule has 1 aliphatic carbocycles. The standard InChI is InChI=1S/C20H23NO4/c1-14(22)21(2)20(19(23)24)12-10-16(11-13-20)25-18-9-5-7-15-6-3-4-8-17(15)18/h3-9,16H,10-13H2,1-2H3,(H,23,24)/t16-,20+. The normalized spacial score (nSPS) is 23.2. The predicted molar refractivity (Wildman–Crippen MR) is 95.6 cm³/mol. The molecule has 2 aromatic carbocycles. The molecule has 0 aliphatic heterocycles. The van der Waals surface area contributed by atoms with E-state index in [9.17, 15) is 14.7 Å². The molecule has 5 nitrogen and oxygen atoms in total. The molecule has 1 N–H and O–H groups in total. The summed E-state index contributed by atoms with van der Waals surface area (Å²) < 4.78 is 6.19. The van der Waals surface area contributed by atoms with E-state index in [1.165, 1.54) is 11.8 Å². The van der Waals surface area contributed by atoms with E-state index in [2.05, 4.69) is 0 Å². The number of carbonyl (C=O) groups is 2. The number of aliphatic carboxylic acids is 1. The van der Waals surface area contributed by atoms with Crippen molar-refractivity contribution >= 4 is 22.6 Å². The zero-order valence-electron chi connectivity index (χ0n) is 14.6. The molecule has 0 bridgehead atoms. The Balaban J connectivity index is 1.76. The first kappa shape index (κ1) is 17.3. The van der Waals surface area contributed by atoms with Crippen LogP contribution in [0.2, 0.25) is 0 Å². The van der Waals surface area contributed by atoms with E-state index < -0.39 is 11.5 Å². The third kappa shape index (κ3) is 3.18. The Morgan fingerprint density at radius 2 is 1.76 bits per heavy atom. The van der Waals surface area contributed by atoms with Crippen molar-refractivity contribution < 1.29 is 19.4 Å². The van der Waals surface area contributed by atoms with Gasteiger partial charge < -0.3 is 14.7 Å². The molecule has 5 heteroatoms. The molecule has 0 heterocycles. The number of rotatable bonds is 4. The summed E-state index contributed by atoms with van der Waals surface area (Å²) in [5, 5.41) is 11.9. The molecule has 1 amide bonds. The summed E-state index contributed by atoms with van der Waals surface area (Å²) in [5.74, 6) is -0.338. The Morgan fingerprint density at radius 1 is 1.12 bits per heavy atom. The minimum Gasteiger partial charge on any atom is -0.490 e. The van der Waals surface area contributed by atoms with E-state index in [1.807, 2.05) is 42.5 Å². The van der Waals surface area contributed by atoms with Gasteiger partial charge in [0, 0.05) is 19.4 Å². The monoisotopic (exact) mass is 341 g/mol. The largest absolute Gasteiger partial charge is 0.490 e. The van der Waals surface area contributed by atoms with Crippen LogP contribution < -0.4 is 4.74 Å². The van der Waals surface area contributed by atoms with Crippen LogP contribution in [0, 0.1) is 0 Å². The molecular weight excluding hydrogens is 318 g/mol. The van der Waals surface area contributed by atoms with Crippen molar-refractivity contribution in [2.75, 3.05) is 7.05 Å². The van der Waals surface area contributed by atoms with E-state index >= 15 is 0 Å². The van der Waals surface area contributed by atoms with Gasteiger partial charge in [-0.2, -0.15) is 0 Å². The fraction of sp³-hybridized carbons (Fsp3) is 0.400. The molecular formula is C20H23NO4.